The van der Waals surface area contributed by atoms with Gasteiger partial charge in [-0.3, -0.25) is 9.80 Å². The van der Waals surface area contributed by atoms with Gasteiger partial charge in [-0.05, 0) is 39.0 Å². The molecule has 0 bridgehead atoms. The maximum Gasteiger partial charge on any atom is 0.0358 e. The second-order valence-electron chi connectivity index (χ2n) is 6.05. The number of rotatable bonds is 5. The molecule has 17 heavy (non-hydrogen) atoms. The smallest absolute Gasteiger partial charge is 0.0358 e. The Bertz CT molecular complexity index is 236. The number of nitrogens with two attached hydrogens (primary N) is 1. The van der Waals surface area contributed by atoms with Crippen LogP contribution in [0.25, 0.3) is 0 Å². The summed E-state index contributed by atoms with van der Waals surface area (Å²) in [6.45, 7) is 12.6. The lowest BCUT2D eigenvalue weighted by molar-refractivity contribution is 0.0108. The molecule has 3 nitrogen and oxygen atoms in total. The van der Waals surface area contributed by atoms with Gasteiger partial charge in [-0.25, -0.2) is 0 Å². The highest BCUT2D eigenvalue weighted by molar-refractivity contribution is 5.03. The predicted octanol–water partition coefficient (Wildman–Crippen LogP) is 1.53. The average Bonchev–Trinajstić information content (AvgIpc) is 3.17. The van der Waals surface area contributed by atoms with E-state index >= 15 is 0 Å². The molecular formula is C14H29N3. The van der Waals surface area contributed by atoms with Crippen molar-refractivity contribution >= 4 is 0 Å². The summed E-state index contributed by atoms with van der Waals surface area (Å²) in [6, 6.07) is 0.687. The van der Waals surface area contributed by atoms with Crippen LogP contribution in [-0.4, -0.2) is 54.1 Å². The molecule has 0 amide bonds. The Morgan fingerprint density at radius 3 is 2.12 bits per heavy atom. The SMILES string of the molecule is CCC(CN)(C1CC1)N1CCN(C(C)C)CC1. The van der Waals surface area contributed by atoms with E-state index in [1.165, 1.54) is 45.4 Å². The van der Waals surface area contributed by atoms with E-state index < -0.39 is 0 Å². The number of piperazine rings is 1. The van der Waals surface area contributed by atoms with Crippen LogP contribution in [0.1, 0.15) is 40.0 Å². The van der Waals surface area contributed by atoms with Gasteiger partial charge in [0.2, 0.25) is 0 Å². The van der Waals surface area contributed by atoms with Crippen LogP contribution < -0.4 is 5.73 Å². The monoisotopic (exact) mass is 239 g/mol. The third-order valence-electron chi connectivity index (χ3n) is 4.98. The Morgan fingerprint density at radius 1 is 1.18 bits per heavy atom. The summed E-state index contributed by atoms with van der Waals surface area (Å²) in [5.74, 6) is 0.878. The summed E-state index contributed by atoms with van der Waals surface area (Å²) in [5, 5.41) is 0. The molecule has 3 heteroatoms. The fourth-order valence-corrected chi connectivity index (χ4v) is 3.51. The fraction of sp³-hybridized carbons (Fsp3) is 1.00. The molecule has 0 aromatic heterocycles. The number of hydrogen-bond donors (Lipinski definition) is 1. The Balaban J connectivity index is 1.98. The largest absolute Gasteiger partial charge is 0.329 e. The third kappa shape index (κ3) is 2.51. The van der Waals surface area contributed by atoms with Crippen molar-refractivity contribution in [3.8, 4) is 0 Å². The quantitative estimate of drug-likeness (QED) is 0.790. The molecule has 0 radical (unpaired) electrons. The van der Waals surface area contributed by atoms with Crippen molar-refractivity contribution in [2.75, 3.05) is 32.7 Å². The molecule has 1 saturated heterocycles. The summed E-state index contributed by atoms with van der Waals surface area (Å²) < 4.78 is 0. The summed E-state index contributed by atoms with van der Waals surface area (Å²) in [7, 11) is 0. The molecule has 100 valence electrons. The highest BCUT2D eigenvalue weighted by atomic mass is 15.3. The van der Waals surface area contributed by atoms with E-state index in [2.05, 4.69) is 30.6 Å². The predicted molar refractivity (Wildman–Crippen MR) is 73.1 cm³/mol. The van der Waals surface area contributed by atoms with E-state index in [1.807, 2.05) is 0 Å². The number of hydrogen-bond acceptors (Lipinski definition) is 3. The van der Waals surface area contributed by atoms with E-state index in [0.717, 1.165) is 12.5 Å². The summed E-state index contributed by atoms with van der Waals surface area (Å²) in [6.07, 6.45) is 4.01. The first kappa shape index (κ1) is 13.3. The van der Waals surface area contributed by atoms with Crippen molar-refractivity contribution in [3.63, 3.8) is 0 Å². The summed E-state index contributed by atoms with van der Waals surface area (Å²) >= 11 is 0. The minimum absolute atomic E-state index is 0.322. The first-order valence-electron chi connectivity index (χ1n) is 7.33. The molecule has 1 aliphatic heterocycles. The van der Waals surface area contributed by atoms with Crippen LogP contribution in [0, 0.1) is 5.92 Å². The van der Waals surface area contributed by atoms with Crippen LogP contribution in [0.15, 0.2) is 0 Å². The molecule has 1 unspecified atom stereocenters. The minimum Gasteiger partial charge on any atom is -0.329 e. The van der Waals surface area contributed by atoms with Gasteiger partial charge in [0.25, 0.3) is 0 Å². The second-order valence-corrected chi connectivity index (χ2v) is 6.05. The first-order chi connectivity index (χ1) is 8.14. The van der Waals surface area contributed by atoms with Gasteiger partial charge in [-0.15, -0.1) is 0 Å². The van der Waals surface area contributed by atoms with Crippen molar-refractivity contribution in [2.24, 2.45) is 11.7 Å². The van der Waals surface area contributed by atoms with Gasteiger partial charge in [0.1, 0.15) is 0 Å². The Kier molecular flexibility index (Phi) is 4.11. The van der Waals surface area contributed by atoms with Gasteiger partial charge in [-0.2, -0.15) is 0 Å². The van der Waals surface area contributed by atoms with Gasteiger partial charge in [-0.1, -0.05) is 6.92 Å². The van der Waals surface area contributed by atoms with Crippen molar-refractivity contribution in [2.45, 2.75) is 51.6 Å². The van der Waals surface area contributed by atoms with Gasteiger partial charge in [0, 0.05) is 44.3 Å². The van der Waals surface area contributed by atoms with Gasteiger partial charge >= 0.3 is 0 Å². The van der Waals surface area contributed by atoms with Gasteiger partial charge in [0.05, 0.1) is 0 Å². The highest BCUT2D eigenvalue weighted by Gasteiger charge is 2.47. The maximum absolute atomic E-state index is 6.13. The standard InChI is InChI=1S/C14H29N3/c1-4-14(11-15,13-5-6-13)17-9-7-16(8-10-17)12(2)3/h12-13H,4-11,15H2,1-3H3. The van der Waals surface area contributed by atoms with Crippen molar-refractivity contribution < 1.29 is 0 Å². The zero-order valence-corrected chi connectivity index (χ0v) is 11.8. The Morgan fingerprint density at radius 2 is 1.76 bits per heavy atom. The van der Waals surface area contributed by atoms with Crippen molar-refractivity contribution in [3.05, 3.63) is 0 Å². The first-order valence-corrected chi connectivity index (χ1v) is 7.33. The van der Waals surface area contributed by atoms with Gasteiger partial charge in [0.15, 0.2) is 0 Å². The average molecular weight is 239 g/mol. The molecule has 2 aliphatic rings. The summed E-state index contributed by atoms with van der Waals surface area (Å²) in [5.41, 5.74) is 6.45. The van der Waals surface area contributed by atoms with Crippen LogP contribution in [-0.2, 0) is 0 Å². The fourth-order valence-electron chi connectivity index (χ4n) is 3.51. The van der Waals surface area contributed by atoms with Gasteiger partial charge < -0.3 is 5.73 Å². The molecule has 1 saturated carbocycles. The van der Waals surface area contributed by atoms with Crippen LogP contribution in [0.3, 0.4) is 0 Å². The van der Waals surface area contributed by atoms with Crippen LogP contribution in [0.5, 0.6) is 0 Å². The molecule has 0 spiro atoms. The molecule has 0 aromatic rings. The van der Waals surface area contributed by atoms with E-state index in [0.29, 0.717) is 11.6 Å². The molecule has 0 aromatic carbocycles. The maximum atomic E-state index is 6.13. The van der Waals surface area contributed by atoms with Crippen LogP contribution in [0.4, 0.5) is 0 Å². The zero-order valence-electron chi connectivity index (χ0n) is 11.8. The molecular weight excluding hydrogens is 210 g/mol. The topological polar surface area (TPSA) is 32.5 Å². The second kappa shape index (κ2) is 5.25. The Hall–Kier alpha value is -0.120. The number of nitrogens with zero attached hydrogens (tertiary/aromatic N) is 2. The Labute approximate surface area is 106 Å². The zero-order chi connectivity index (χ0) is 12.5. The van der Waals surface area contributed by atoms with Crippen molar-refractivity contribution in [1.29, 1.82) is 0 Å². The molecule has 2 rings (SSSR count). The van der Waals surface area contributed by atoms with E-state index in [-0.39, 0.29) is 0 Å². The lowest BCUT2D eigenvalue weighted by Crippen LogP contribution is -2.61. The lowest BCUT2D eigenvalue weighted by atomic mass is 9.87. The van der Waals surface area contributed by atoms with E-state index in [1.54, 1.807) is 0 Å². The molecule has 2 fully saturated rings. The molecule has 2 N–H and O–H groups in total. The third-order valence-corrected chi connectivity index (χ3v) is 4.98. The molecule has 1 heterocycles. The van der Waals surface area contributed by atoms with E-state index in [4.69, 9.17) is 5.73 Å². The molecule has 1 atom stereocenters. The lowest BCUT2D eigenvalue weighted by Gasteiger charge is -2.48. The molecule has 1 aliphatic carbocycles. The van der Waals surface area contributed by atoms with E-state index in [9.17, 15) is 0 Å². The minimum atomic E-state index is 0.322. The summed E-state index contributed by atoms with van der Waals surface area (Å²) in [4.78, 5) is 5.28. The van der Waals surface area contributed by atoms with Crippen LogP contribution in [0.2, 0.25) is 0 Å². The van der Waals surface area contributed by atoms with Crippen LogP contribution >= 0.6 is 0 Å². The highest BCUT2D eigenvalue weighted by Crippen LogP contribution is 2.44. The normalized spacial score (nSPS) is 27.4. The van der Waals surface area contributed by atoms with Crippen molar-refractivity contribution in [1.82, 2.24) is 9.80 Å².